The Morgan fingerprint density at radius 3 is 2.41 bits per heavy atom. The molecule has 3 heteroatoms. The van der Waals surface area contributed by atoms with E-state index >= 15 is 0 Å². The molecule has 0 heterocycles. The van der Waals surface area contributed by atoms with Crippen LogP contribution in [0.1, 0.15) is 52.4 Å². The molecule has 17 heavy (non-hydrogen) atoms. The molecule has 0 saturated heterocycles. The van der Waals surface area contributed by atoms with E-state index in [1.165, 1.54) is 12.8 Å². The van der Waals surface area contributed by atoms with E-state index < -0.39 is 5.54 Å². The van der Waals surface area contributed by atoms with Gasteiger partial charge in [-0.1, -0.05) is 13.8 Å². The highest BCUT2D eigenvalue weighted by Crippen LogP contribution is 2.38. The topological polar surface area (TPSA) is 52.9 Å². The predicted octanol–water partition coefficient (Wildman–Crippen LogP) is 2.62. The van der Waals surface area contributed by atoms with Crippen molar-refractivity contribution in [1.29, 1.82) is 5.26 Å². The Kier molecular flexibility index (Phi) is 3.42. The van der Waals surface area contributed by atoms with Crippen molar-refractivity contribution < 1.29 is 4.79 Å². The molecule has 2 aliphatic carbocycles. The number of carbonyl (C=O) groups excluding carboxylic acids is 1. The van der Waals surface area contributed by atoms with Gasteiger partial charge in [-0.3, -0.25) is 4.79 Å². The molecule has 0 bridgehead atoms. The highest BCUT2D eigenvalue weighted by Gasteiger charge is 2.39. The summed E-state index contributed by atoms with van der Waals surface area (Å²) >= 11 is 0. The third-order valence-corrected chi connectivity index (χ3v) is 4.45. The minimum absolute atomic E-state index is 0.0829. The van der Waals surface area contributed by atoms with E-state index in [0.29, 0.717) is 11.8 Å². The molecule has 1 amide bonds. The molecule has 0 aliphatic heterocycles. The van der Waals surface area contributed by atoms with Gasteiger partial charge in [0.1, 0.15) is 5.54 Å². The summed E-state index contributed by atoms with van der Waals surface area (Å²) in [6, 6.07) is 2.35. The quantitative estimate of drug-likeness (QED) is 0.816. The smallest absolute Gasteiger partial charge is 0.224 e. The molecule has 0 radical (unpaired) electrons. The van der Waals surface area contributed by atoms with Crippen LogP contribution in [-0.2, 0) is 4.79 Å². The first-order valence-corrected chi connectivity index (χ1v) is 6.79. The number of hydrogen-bond donors (Lipinski definition) is 1. The fraction of sp³-hybridized carbons (Fsp3) is 0.857. The summed E-state index contributed by atoms with van der Waals surface area (Å²) in [4.78, 5) is 12.1. The van der Waals surface area contributed by atoms with E-state index in [0.717, 1.165) is 25.7 Å². The van der Waals surface area contributed by atoms with Gasteiger partial charge in [-0.05, 0) is 50.4 Å². The summed E-state index contributed by atoms with van der Waals surface area (Å²) in [7, 11) is 0. The normalized spacial score (nSPS) is 34.8. The minimum Gasteiger partial charge on any atom is -0.338 e. The lowest BCUT2D eigenvalue weighted by atomic mass is 9.77. The van der Waals surface area contributed by atoms with Crippen LogP contribution in [0.3, 0.4) is 0 Å². The zero-order chi connectivity index (χ0) is 12.5. The van der Waals surface area contributed by atoms with Crippen molar-refractivity contribution in [2.24, 2.45) is 17.8 Å². The second-order valence-electron chi connectivity index (χ2n) is 5.99. The van der Waals surface area contributed by atoms with E-state index in [4.69, 9.17) is 0 Å². The highest BCUT2D eigenvalue weighted by atomic mass is 16.2. The Balaban J connectivity index is 1.95. The number of amides is 1. The van der Waals surface area contributed by atoms with Crippen molar-refractivity contribution in [3.8, 4) is 6.07 Å². The zero-order valence-electron chi connectivity index (χ0n) is 10.8. The Morgan fingerprint density at radius 2 is 1.94 bits per heavy atom. The number of nitrogens with zero attached hydrogens (tertiary/aromatic N) is 1. The maximum atomic E-state index is 12.1. The molecule has 1 N–H and O–H groups in total. The van der Waals surface area contributed by atoms with Gasteiger partial charge in [0, 0.05) is 5.92 Å². The van der Waals surface area contributed by atoms with E-state index in [1.54, 1.807) is 0 Å². The molecule has 2 saturated carbocycles. The van der Waals surface area contributed by atoms with E-state index in [-0.39, 0.29) is 11.8 Å². The number of rotatable bonds is 3. The van der Waals surface area contributed by atoms with Gasteiger partial charge in [0.15, 0.2) is 0 Å². The predicted molar refractivity (Wildman–Crippen MR) is 66.0 cm³/mol. The van der Waals surface area contributed by atoms with Gasteiger partial charge < -0.3 is 5.32 Å². The lowest BCUT2D eigenvalue weighted by Gasteiger charge is -2.35. The van der Waals surface area contributed by atoms with Gasteiger partial charge in [-0.2, -0.15) is 5.26 Å². The van der Waals surface area contributed by atoms with Crippen molar-refractivity contribution in [3.63, 3.8) is 0 Å². The highest BCUT2D eigenvalue weighted by molar-refractivity contribution is 5.80. The molecule has 2 aliphatic rings. The lowest BCUT2D eigenvalue weighted by Crippen LogP contribution is -2.51. The molecule has 0 aromatic rings. The molecule has 1 unspecified atom stereocenters. The van der Waals surface area contributed by atoms with Crippen LogP contribution in [0.15, 0.2) is 0 Å². The lowest BCUT2D eigenvalue weighted by molar-refractivity contribution is -0.126. The third-order valence-electron chi connectivity index (χ3n) is 4.45. The van der Waals surface area contributed by atoms with Crippen LogP contribution < -0.4 is 5.32 Å². The molecule has 2 fully saturated rings. The third kappa shape index (κ3) is 2.80. The first kappa shape index (κ1) is 12.4. The van der Waals surface area contributed by atoms with Gasteiger partial charge in [0.2, 0.25) is 5.91 Å². The Labute approximate surface area is 104 Å². The fourth-order valence-corrected chi connectivity index (χ4v) is 2.68. The maximum absolute atomic E-state index is 12.1. The zero-order valence-corrected chi connectivity index (χ0v) is 10.8. The average molecular weight is 234 g/mol. The molecular formula is C14H22N2O. The van der Waals surface area contributed by atoms with Crippen LogP contribution in [0.25, 0.3) is 0 Å². The Morgan fingerprint density at radius 1 is 1.35 bits per heavy atom. The molecule has 94 valence electrons. The summed E-state index contributed by atoms with van der Waals surface area (Å²) in [6.07, 6.45) is 6.06. The van der Waals surface area contributed by atoms with Gasteiger partial charge in [-0.25, -0.2) is 0 Å². The van der Waals surface area contributed by atoms with Crippen molar-refractivity contribution >= 4 is 5.91 Å². The van der Waals surface area contributed by atoms with Gasteiger partial charge in [-0.15, -0.1) is 0 Å². The SMILES string of the molecule is CC1CCC(C#N)(NC(=O)C(C)C2CC2)CC1. The van der Waals surface area contributed by atoms with Crippen LogP contribution in [0.2, 0.25) is 0 Å². The molecule has 1 atom stereocenters. The minimum atomic E-state index is -0.577. The molecule has 2 rings (SSSR count). The maximum Gasteiger partial charge on any atom is 0.224 e. The number of nitriles is 1. The number of nitrogens with one attached hydrogen (secondary N) is 1. The summed E-state index contributed by atoms with van der Waals surface area (Å²) in [5, 5.41) is 12.4. The van der Waals surface area contributed by atoms with Crippen LogP contribution in [0, 0.1) is 29.1 Å². The van der Waals surface area contributed by atoms with Gasteiger partial charge >= 0.3 is 0 Å². The monoisotopic (exact) mass is 234 g/mol. The van der Waals surface area contributed by atoms with Crippen molar-refractivity contribution in [3.05, 3.63) is 0 Å². The van der Waals surface area contributed by atoms with Gasteiger partial charge in [0.25, 0.3) is 0 Å². The average Bonchev–Trinajstić information content (AvgIpc) is 3.15. The molecule has 0 spiro atoms. The van der Waals surface area contributed by atoms with Crippen molar-refractivity contribution in [2.45, 2.75) is 57.9 Å². The first-order valence-electron chi connectivity index (χ1n) is 6.79. The molecule has 3 nitrogen and oxygen atoms in total. The fourth-order valence-electron chi connectivity index (χ4n) is 2.68. The second-order valence-corrected chi connectivity index (χ2v) is 5.99. The molecular weight excluding hydrogens is 212 g/mol. The van der Waals surface area contributed by atoms with Crippen molar-refractivity contribution in [1.82, 2.24) is 5.32 Å². The standard InChI is InChI=1S/C14H22N2O/c1-10-5-7-14(9-15,8-6-10)16-13(17)11(2)12-3-4-12/h10-12H,3-8H2,1-2H3,(H,16,17). The molecule has 0 aromatic heterocycles. The first-order chi connectivity index (χ1) is 8.06. The second kappa shape index (κ2) is 4.68. The largest absolute Gasteiger partial charge is 0.338 e. The van der Waals surface area contributed by atoms with Crippen molar-refractivity contribution in [2.75, 3.05) is 0 Å². The summed E-state index contributed by atoms with van der Waals surface area (Å²) in [5.41, 5.74) is -0.577. The summed E-state index contributed by atoms with van der Waals surface area (Å²) in [5.74, 6) is 1.42. The summed E-state index contributed by atoms with van der Waals surface area (Å²) in [6.45, 7) is 4.21. The number of carbonyl (C=O) groups is 1. The van der Waals surface area contributed by atoms with Crippen LogP contribution in [0.4, 0.5) is 0 Å². The Bertz CT molecular complexity index is 333. The van der Waals surface area contributed by atoms with E-state index in [2.05, 4.69) is 18.3 Å². The van der Waals surface area contributed by atoms with Crippen LogP contribution >= 0.6 is 0 Å². The van der Waals surface area contributed by atoms with E-state index in [1.807, 2.05) is 6.92 Å². The van der Waals surface area contributed by atoms with Crippen LogP contribution in [0.5, 0.6) is 0 Å². The van der Waals surface area contributed by atoms with E-state index in [9.17, 15) is 10.1 Å². The van der Waals surface area contributed by atoms with Crippen LogP contribution in [-0.4, -0.2) is 11.4 Å². The summed E-state index contributed by atoms with van der Waals surface area (Å²) < 4.78 is 0. The number of hydrogen-bond acceptors (Lipinski definition) is 2. The Hall–Kier alpha value is -1.04. The van der Waals surface area contributed by atoms with Gasteiger partial charge in [0.05, 0.1) is 6.07 Å². The molecule has 0 aromatic carbocycles.